The molecule has 3 rings (SSSR count). The largest absolute Gasteiger partial charge is 0.391 e. The van der Waals surface area contributed by atoms with Gasteiger partial charge in [-0.1, -0.05) is 0 Å². The van der Waals surface area contributed by atoms with Crippen LogP contribution in [-0.4, -0.2) is 40.5 Å². The second kappa shape index (κ2) is 3.29. The summed E-state index contributed by atoms with van der Waals surface area (Å²) in [5.41, 5.74) is 0.587. The first-order valence-electron chi connectivity index (χ1n) is 5.04. The first-order chi connectivity index (χ1) is 7.66. The van der Waals surface area contributed by atoms with Crippen LogP contribution in [0.25, 0.3) is 0 Å². The Labute approximate surface area is 95.7 Å². The fourth-order valence-corrected chi connectivity index (χ4v) is 3.01. The third kappa shape index (κ3) is 1.27. The van der Waals surface area contributed by atoms with Gasteiger partial charge in [0.25, 0.3) is 5.91 Å². The molecule has 2 aliphatic rings. The van der Waals surface area contributed by atoms with Gasteiger partial charge in [0.15, 0.2) is 0 Å². The highest BCUT2D eigenvalue weighted by Gasteiger charge is 2.42. The summed E-state index contributed by atoms with van der Waals surface area (Å²) < 4.78 is 0. The maximum atomic E-state index is 12.1. The number of amides is 2. The van der Waals surface area contributed by atoms with Gasteiger partial charge in [0, 0.05) is 13.0 Å². The van der Waals surface area contributed by atoms with E-state index in [-0.39, 0.29) is 18.4 Å². The van der Waals surface area contributed by atoms with Crippen LogP contribution in [0.2, 0.25) is 0 Å². The Balaban J connectivity index is 2.06. The lowest BCUT2D eigenvalue weighted by atomic mass is 10.2. The van der Waals surface area contributed by atoms with Crippen molar-refractivity contribution >= 4 is 28.8 Å². The van der Waals surface area contributed by atoms with Crippen LogP contribution in [0.1, 0.15) is 16.1 Å². The molecule has 1 aromatic heterocycles. The van der Waals surface area contributed by atoms with Crippen LogP contribution in [0.4, 0.5) is 5.69 Å². The average Bonchev–Trinajstić information content (AvgIpc) is 2.81. The minimum absolute atomic E-state index is 0.162. The quantitative estimate of drug-likeness (QED) is 0.682. The molecule has 16 heavy (non-hydrogen) atoms. The van der Waals surface area contributed by atoms with Gasteiger partial charge in [-0.15, -0.1) is 11.3 Å². The number of aliphatic hydroxyl groups is 1. The average molecular weight is 238 g/mol. The first kappa shape index (κ1) is 9.80. The maximum absolute atomic E-state index is 12.1. The SMILES string of the molecule is O=C1Nc2ccsc2C(=O)N2C[C@H](O)C[C@@H]12. The third-order valence-corrected chi connectivity index (χ3v) is 3.86. The van der Waals surface area contributed by atoms with Gasteiger partial charge >= 0.3 is 0 Å². The van der Waals surface area contributed by atoms with Crippen molar-refractivity contribution < 1.29 is 14.7 Å². The Morgan fingerprint density at radius 2 is 2.31 bits per heavy atom. The van der Waals surface area contributed by atoms with Crippen LogP contribution >= 0.6 is 11.3 Å². The van der Waals surface area contributed by atoms with Crippen LogP contribution in [0, 0.1) is 0 Å². The number of thiophene rings is 1. The third-order valence-electron chi connectivity index (χ3n) is 2.96. The van der Waals surface area contributed by atoms with Crippen molar-refractivity contribution in [2.24, 2.45) is 0 Å². The predicted molar refractivity (Wildman–Crippen MR) is 58.4 cm³/mol. The van der Waals surface area contributed by atoms with Crippen molar-refractivity contribution in [1.29, 1.82) is 0 Å². The Morgan fingerprint density at radius 3 is 3.12 bits per heavy atom. The predicted octanol–water partition coefficient (Wildman–Crippen LogP) is 0.276. The van der Waals surface area contributed by atoms with E-state index in [0.29, 0.717) is 17.0 Å². The summed E-state index contributed by atoms with van der Waals surface area (Å²) in [6.45, 7) is 0.244. The molecular formula is C10H10N2O3S. The normalized spacial score (nSPS) is 28.4. The van der Waals surface area contributed by atoms with Gasteiger partial charge in [0.2, 0.25) is 5.91 Å². The molecular weight excluding hydrogens is 228 g/mol. The summed E-state index contributed by atoms with van der Waals surface area (Å²) in [4.78, 5) is 25.9. The fourth-order valence-electron chi connectivity index (χ4n) is 2.21. The van der Waals surface area contributed by atoms with Crippen LogP contribution in [0.15, 0.2) is 11.4 Å². The van der Waals surface area contributed by atoms with E-state index in [1.54, 1.807) is 11.4 Å². The number of anilines is 1. The number of rotatable bonds is 0. The summed E-state index contributed by atoms with van der Waals surface area (Å²) >= 11 is 1.31. The van der Waals surface area contributed by atoms with Gasteiger partial charge in [0.05, 0.1) is 11.8 Å². The van der Waals surface area contributed by atoms with E-state index in [0.717, 1.165) is 0 Å². The number of hydrogen-bond donors (Lipinski definition) is 2. The molecule has 2 amide bonds. The van der Waals surface area contributed by atoms with Crippen LogP contribution in [0.3, 0.4) is 0 Å². The second-order valence-electron chi connectivity index (χ2n) is 4.02. The molecule has 2 atom stereocenters. The van der Waals surface area contributed by atoms with Gasteiger partial charge in [-0.2, -0.15) is 0 Å². The molecule has 1 fully saturated rings. The van der Waals surface area contributed by atoms with Crippen LogP contribution in [-0.2, 0) is 4.79 Å². The topological polar surface area (TPSA) is 69.6 Å². The molecule has 0 bridgehead atoms. The van der Waals surface area contributed by atoms with Gasteiger partial charge in [0.1, 0.15) is 10.9 Å². The van der Waals surface area contributed by atoms with E-state index in [1.807, 2.05) is 0 Å². The van der Waals surface area contributed by atoms with E-state index in [9.17, 15) is 14.7 Å². The van der Waals surface area contributed by atoms with E-state index in [1.165, 1.54) is 16.2 Å². The first-order valence-corrected chi connectivity index (χ1v) is 5.92. The van der Waals surface area contributed by atoms with Crippen LogP contribution in [0.5, 0.6) is 0 Å². The highest BCUT2D eigenvalue weighted by atomic mass is 32.1. The molecule has 84 valence electrons. The molecule has 0 aliphatic carbocycles. The summed E-state index contributed by atoms with van der Waals surface area (Å²) in [5.74, 6) is -0.369. The molecule has 6 heteroatoms. The number of nitrogens with one attached hydrogen (secondary N) is 1. The Morgan fingerprint density at radius 1 is 1.50 bits per heavy atom. The minimum atomic E-state index is -0.596. The highest BCUT2D eigenvalue weighted by Crippen LogP contribution is 2.31. The van der Waals surface area contributed by atoms with Crippen molar-refractivity contribution in [2.45, 2.75) is 18.6 Å². The molecule has 1 aromatic rings. The van der Waals surface area contributed by atoms with Gasteiger partial charge in [-0.05, 0) is 11.4 Å². The maximum Gasteiger partial charge on any atom is 0.266 e. The second-order valence-corrected chi connectivity index (χ2v) is 4.93. The number of aliphatic hydroxyl groups excluding tert-OH is 1. The lowest BCUT2D eigenvalue weighted by molar-refractivity contribution is -0.119. The molecule has 5 nitrogen and oxygen atoms in total. The highest BCUT2D eigenvalue weighted by molar-refractivity contribution is 7.12. The lowest BCUT2D eigenvalue weighted by Gasteiger charge is -2.19. The molecule has 3 heterocycles. The van der Waals surface area contributed by atoms with Crippen molar-refractivity contribution in [3.8, 4) is 0 Å². The van der Waals surface area contributed by atoms with Gasteiger partial charge < -0.3 is 15.3 Å². The number of carbonyl (C=O) groups excluding carboxylic acids is 2. The number of carbonyl (C=O) groups is 2. The van der Waals surface area contributed by atoms with Crippen molar-refractivity contribution in [2.75, 3.05) is 11.9 Å². The number of hydrogen-bond acceptors (Lipinski definition) is 4. The molecule has 1 saturated heterocycles. The summed E-state index contributed by atoms with van der Waals surface area (Å²) in [5, 5.41) is 14.0. The van der Waals surface area contributed by atoms with Crippen LogP contribution < -0.4 is 5.32 Å². The standard InChI is InChI=1S/C10H10N2O3S/c13-5-3-7-9(14)11-6-1-2-16-8(6)10(15)12(7)4-5/h1-2,5,7,13H,3-4H2,(H,11,14)/t5-,7+/m1/s1. The van der Waals surface area contributed by atoms with E-state index in [2.05, 4.69) is 5.32 Å². The Kier molecular flexibility index (Phi) is 2.02. The molecule has 0 unspecified atom stereocenters. The molecule has 0 radical (unpaired) electrons. The number of fused-ring (bicyclic) bond motifs is 2. The van der Waals surface area contributed by atoms with Crippen molar-refractivity contribution in [1.82, 2.24) is 4.90 Å². The number of nitrogens with zero attached hydrogens (tertiary/aromatic N) is 1. The Hall–Kier alpha value is -1.40. The van der Waals surface area contributed by atoms with Gasteiger partial charge in [-0.3, -0.25) is 9.59 Å². The lowest BCUT2D eigenvalue weighted by Crippen LogP contribution is -2.40. The van der Waals surface area contributed by atoms with Crippen molar-refractivity contribution in [3.63, 3.8) is 0 Å². The van der Waals surface area contributed by atoms with E-state index < -0.39 is 12.1 Å². The zero-order chi connectivity index (χ0) is 11.3. The zero-order valence-electron chi connectivity index (χ0n) is 8.34. The van der Waals surface area contributed by atoms with Crippen molar-refractivity contribution in [3.05, 3.63) is 16.3 Å². The zero-order valence-corrected chi connectivity index (χ0v) is 9.16. The monoisotopic (exact) mass is 238 g/mol. The summed E-state index contributed by atoms with van der Waals surface area (Å²) in [6, 6.07) is 1.20. The van der Waals surface area contributed by atoms with E-state index >= 15 is 0 Å². The smallest absolute Gasteiger partial charge is 0.266 e. The molecule has 2 aliphatic heterocycles. The molecule has 0 saturated carbocycles. The molecule has 0 spiro atoms. The van der Waals surface area contributed by atoms with Gasteiger partial charge in [-0.25, -0.2) is 0 Å². The summed E-state index contributed by atoms with van der Waals surface area (Å²) in [7, 11) is 0. The molecule has 2 N–H and O–H groups in total. The minimum Gasteiger partial charge on any atom is -0.391 e. The van der Waals surface area contributed by atoms with E-state index in [4.69, 9.17) is 0 Å². The summed E-state index contributed by atoms with van der Waals surface area (Å²) in [6.07, 6.45) is -0.270. The fraction of sp³-hybridized carbons (Fsp3) is 0.400. The Bertz CT molecular complexity index is 470. The molecule has 0 aromatic carbocycles.